The summed E-state index contributed by atoms with van der Waals surface area (Å²) in [7, 11) is -3.90. The second kappa shape index (κ2) is 6.49. The van der Waals surface area contributed by atoms with E-state index < -0.39 is 22.1 Å². The smallest absolute Gasteiger partial charge is 0.314 e. The highest BCUT2D eigenvalue weighted by Gasteiger charge is 2.42. The first-order chi connectivity index (χ1) is 12.8. The summed E-state index contributed by atoms with van der Waals surface area (Å²) in [5.74, 6) is -0.963. The number of nitrogens with one attached hydrogen (secondary N) is 1. The third-order valence-corrected chi connectivity index (χ3v) is 6.43. The number of nitrogens with zero attached hydrogens (tertiary/aromatic N) is 5. The molecule has 0 unspecified atom stereocenters. The summed E-state index contributed by atoms with van der Waals surface area (Å²) < 4.78 is 75.8. The van der Waals surface area contributed by atoms with Crippen molar-refractivity contribution in [1.82, 2.24) is 28.2 Å². The summed E-state index contributed by atoms with van der Waals surface area (Å²) in [6, 6.07) is 4.64. The van der Waals surface area contributed by atoms with Gasteiger partial charge in [0.05, 0.1) is 24.2 Å². The number of hydrogen-bond donors (Lipinski definition) is 1. The van der Waals surface area contributed by atoms with Gasteiger partial charge in [0.15, 0.2) is 0 Å². The van der Waals surface area contributed by atoms with E-state index in [0.717, 1.165) is 11.7 Å². The number of sulfonamides is 1. The summed E-state index contributed by atoms with van der Waals surface area (Å²) in [6.07, 6.45) is -4.62. The number of aromatic nitrogens is 5. The Morgan fingerprint density at radius 3 is 2.85 bits per heavy atom. The van der Waals surface area contributed by atoms with Gasteiger partial charge < -0.3 is 4.57 Å². The molecule has 0 radical (unpaired) electrons. The van der Waals surface area contributed by atoms with Gasteiger partial charge in [-0.1, -0.05) is 6.07 Å². The molecule has 0 spiro atoms. The Morgan fingerprint density at radius 1 is 1.26 bits per heavy atom. The van der Waals surface area contributed by atoms with Gasteiger partial charge in [0.25, 0.3) is 0 Å². The van der Waals surface area contributed by atoms with Crippen LogP contribution in [0.3, 0.4) is 0 Å². The molecule has 3 heterocycles. The van der Waals surface area contributed by atoms with Crippen LogP contribution in [0.15, 0.2) is 23.1 Å². The average molecular weight is 418 g/mol. The van der Waals surface area contributed by atoms with Gasteiger partial charge in [0, 0.05) is 13.0 Å². The average Bonchev–Trinajstić information content (AvgIpc) is 3.25. The molecule has 0 bridgehead atoms. The molecule has 0 fully saturated rings. The van der Waals surface area contributed by atoms with Gasteiger partial charge in [-0.25, -0.2) is 13.1 Å². The summed E-state index contributed by atoms with van der Waals surface area (Å²) >= 11 is 0.909. The number of alkyl halides is 3. The summed E-state index contributed by atoms with van der Waals surface area (Å²) in [5, 5.41) is 7.65. The second-order valence-corrected chi connectivity index (χ2v) is 8.39. The van der Waals surface area contributed by atoms with E-state index in [0.29, 0.717) is 5.52 Å². The number of benzene rings is 1. The molecule has 1 aromatic carbocycles. The van der Waals surface area contributed by atoms with Crippen molar-refractivity contribution < 1.29 is 21.6 Å². The minimum Gasteiger partial charge on any atom is -0.314 e. The van der Waals surface area contributed by atoms with Crippen molar-refractivity contribution in [3.05, 3.63) is 29.8 Å². The van der Waals surface area contributed by atoms with Crippen LogP contribution in [0.4, 0.5) is 13.2 Å². The van der Waals surface area contributed by atoms with Crippen LogP contribution in [0, 0.1) is 5.92 Å². The molecule has 1 aliphatic heterocycles. The van der Waals surface area contributed by atoms with Crippen molar-refractivity contribution >= 4 is 32.8 Å². The van der Waals surface area contributed by atoms with Gasteiger partial charge in [0.2, 0.25) is 10.0 Å². The van der Waals surface area contributed by atoms with Gasteiger partial charge in [-0.3, -0.25) is 0 Å². The fourth-order valence-electron chi connectivity index (χ4n) is 3.03. The number of hydrogen-bond acceptors (Lipinski definition) is 7. The number of fused-ring (bicyclic) bond motifs is 2. The lowest BCUT2D eigenvalue weighted by molar-refractivity contribution is -0.179. The standard InChI is InChI=1S/C14H13F3N6O2S2/c15-14(16,17)8-4-5-23-11(6-8)19-20-12(23)7-18-27(24,25)10-3-1-2-9-13(10)22-26-21-9/h1-3,8,18H,4-7H2/t8-/m0/s1. The van der Waals surface area contributed by atoms with Crippen LogP contribution >= 0.6 is 11.7 Å². The largest absolute Gasteiger partial charge is 0.392 e. The van der Waals surface area contributed by atoms with Gasteiger partial charge in [-0.15, -0.1) is 10.2 Å². The quantitative estimate of drug-likeness (QED) is 0.694. The Hall–Kier alpha value is -2.12. The molecule has 0 amide bonds. The SMILES string of the molecule is O=S(=O)(NCc1nnc2n1CC[C@H](C(F)(F)F)C2)c1cccc2nsnc12. The van der Waals surface area contributed by atoms with E-state index in [-0.39, 0.29) is 48.0 Å². The molecule has 13 heteroatoms. The fourth-order valence-corrected chi connectivity index (χ4v) is 4.78. The molecule has 1 N–H and O–H groups in total. The Kier molecular flexibility index (Phi) is 4.39. The lowest BCUT2D eigenvalue weighted by atomic mass is 9.97. The van der Waals surface area contributed by atoms with Gasteiger partial charge in [0.1, 0.15) is 27.6 Å². The maximum Gasteiger partial charge on any atom is 0.392 e. The van der Waals surface area contributed by atoms with Crippen LogP contribution in [0.2, 0.25) is 0 Å². The zero-order chi connectivity index (χ0) is 19.2. The summed E-state index contributed by atoms with van der Waals surface area (Å²) in [4.78, 5) is -0.00994. The predicted molar refractivity (Wildman–Crippen MR) is 89.3 cm³/mol. The number of halogens is 3. The predicted octanol–water partition coefficient (Wildman–Crippen LogP) is 1.89. The van der Waals surface area contributed by atoms with Crippen molar-refractivity contribution in [1.29, 1.82) is 0 Å². The third-order valence-electron chi connectivity index (χ3n) is 4.46. The zero-order valence-corrected chi connectivity index (χ0v) is 15.3. The van der Waals surface area contributed by atoms with Crippen LogP contribution in [-0.4, -0.2) is 38.1 Å². The second-order valence-electron chi connectivity index (χ2n) is 6.13. The molecular formula is C14H13F3N6O2S2. The van der Waals surface area contributed by atoms with Crippen molar-refractivity contribution in [2.75, 3.05) is 0 Å². The molecule has 4 rings (SSSR count). The van der Waals surface area contributed by atoms with Crippen molar-refractivity contribution in [2.45, 2.75) is 37.0 Å². The van der Waals surface area contributed by atoms with E-state index in [2.05, 4.69) is 23.7 Å². The first-order valence-electron chi connectivity index (χ1n) is 7.94. The van der Waals surface area contributed by atoms with Gasteiger partial charge in [-0.05, 0) is 18.6 Å². The highest BCUT2D eigenvalue weighted by atomic mass is 32.2. The monoisotopic (exact) mass is 418 g/mol. The highest BCUT2D eigenvalue weighted by Crippen LogP contribution is 2.34. The molecule has 0 saturated heterocycles. The zero-order valence-electron chi connectivity index (χ0n) is 13.6. The minimum absolute atomic E-state index is 0.00994. The lowest BCUT2D eigenvalue weighted by Gasteiger charge is -2.25. The normalized spacial score (nSPS) is 18.0. The Morgan fingerprint density at radius 2 is 2.07 bits per heavy atom. The number of rotatable bonds is 4. The molecule has 0 aliphatic carbocycles. The molecule has 27 heavy (non-hydrogen) atoms. The van der Waals surface area contributed by atoms with Crippen LogP contribution in [0.1, 0.15) is 18.1 Å². The van der Waals surface area contributed by atoms with Gasteiger partial charge >= 0.3 is 6.18 Å². The van der Waals surface area contributed by atoms with Crippen LogP contribution in [-0.2, 0) is 29.5 Å². The molecule has 0 saturated carbocycles. The topological polar surface area (TPSA) is 103 Å². The molecule has 1 aliphatic rings. The van der Waals surface area contributed by atoms with Gasteiger partial charge in [-0.2, -0.15) is 21.9 Å². The van der Waals surface area contributed by atoms with E-state index in [1.807, 2.05) is 0 Å². The molecule has 1 atom stereocenters. The maximum atomic E-state index is 12.9. The van der Waals surface area contributed by atoms with E-state index in [1.165, 1.54) is 10.6 Å². The molecule has 2 aromatic heterocycles. The fraction of sp³-hybridized carbons (Fsp3) is 0.429. The molecule has 8 nitrogen and oxygen atoms in total. The van der Waals surface area contributed by atoms with Crippen LogP contribution in [0.25, 0.3) is 11.0 Å². The minimum atomic E-state index is -4.28. The Balaban J connectivity index is 1.53. The van der Waals surface area contributed by atoms with Crippen molar-refractivity contribution in [3.63, 3.8) is 0 Å². The van der Waals surface area contributed by atoms with E-state index >= 15 is 0 Å². The Bertz CT molecular complexity index is 1090. The highest BCUT2D eigenvalue weighted by molar-refractivity contribution is 7.89. The first kappa shape index (κ1) is 18.3. The third kappa shape index (κ3) is 3.41. The van der Waals surface area contributed by atoms with Crippen molar-refractivity contribution in [3.8, 4) is 0 Å². The molecule has 3 aromatic rings. The van der Waals surface area contributed by atoms with E-state index in [9.17, 15) is 21.6 Å². The van der Waals surface area contributed by atoms with Crippen LogP contribution < -0.4 is 4.72 Å². The van der Waals surface area contributed by atoms with E-state index in [1.54, 1.807) is 12.1 Å². The summed E-state index contributed by atoms with van der Waals surface area (Å²) in [6.45, 7) is -0.0882. The first-order valence-corrected chi connectivity index (χ1v) is 10.2. The van der Waals surface area contributed by atoms with Crippen LogP contribution in [0.5, 0.6) is 0 Å². The van der Waals surface area contributed by atoms with E-state index in [4.69, 9.17) is 0 Å². The summed E-state index contributed by atoms with van der Waals surface area (Å²) in [5.41, 5.74) is 0.743. The molecular weight excluding hydrogens is 405 g/mol. The Labute approximate surface area is 155 Å². The molecule has 144 valence electrons. The van der Waals surface area contributed by atoms with Crippen molar-refractivity contribution in [2.24, 2.45) is 5.92 Å². The maximum absolute atomic E-state index is 12.9. The lowest BCUT2D eigenvalue weighted by Crippen LogP contribution is -2.32.